The molecule has 0 atom stereocenters. The molecule has 84 valence electrons. The van der Waals surface area contributed by atoms with Crippen molar-refractivity contribution in [1.82, 2.24) is 4.98 Å². The van der Waals surface area contributed by atoms with Crippen LogP contribution in [0.3, 0.4) is 0 Å². The first-order valence-corrected chi connectivity index (χ1v) is 4.29. The number of pyridine rings is 1. The van der Waals surface area contributed by atoms with Crippen LogP contribution in [0.15, 0.2) is 24.0 Å². The van der Waals surface area contributed by atoms with E-state index in [0.29, 0.717) is 6.29 Å². The van der Waals surface area contributed by atoms with E-state index in [4.69, 9.17) is 15.9 Å². The number of allylic oxidation sites excluding steroid dienone is 2. The Balaban J connectivity index is 3.12. The fourth-order valence-corrected chi connectivity index (χ4v) is 1.02. The Labute approximate surface area is 91.3 Å². The Morgan fingerprint density at radius 3 is 2.94 bits per heavy atom. The number of nitrogens with two attached hydrogens (primary N) is 1. The number of aldehydes is 1. The van der Waals surface area contributed by atoms with Crippen LogP contribution in [0, 0.1) is 11.2 Å². The molecule has 0 aromatic carbocycles. The summed E-state index contributed by atoms with van der Waals surface area (Å²) in [5.74, 6) is -0.500. The second-order valence-corrected chi connectivity index (χ2v) is 2.88. The van der Waals surface area contributed by atoms with Gasteiger partial charge in [0.1, 0.15) is 0 Å². The maximum Gasteiger partial charge on any atom is 0.213 e. The Bertz CT molecular complexity index is 457. The van der Waals surface area contributed by atoms with Gasteiger partial charge in [-0.15, -0.1) is 0 Å². The summed E-state index contributed by atoms with van der Waals surface area (Å²) in [5.41, 5.74) is 4.81. The molecular weight excluding hydrogens is 213 g/mol. The van der Waals surface area contributed by atoms with Gasteiger partial charge in [-0.3, -0.25) is 4.79 Å². The van der Waals surface area contributed by atoms with E-state index in [2.05, 4.69) is 4.98 Å². The lowest BCUT2D eigenvalue weighted by Gasteiger charge is -2.04. The van der Waals surface area contributed by atoms with Crippen molar-refractivity contribution in [1.29, 1.82) is 5.41 Å². The molecular formula is C10H10FN3O2. The van der Waals surface area contributed by atoms with Crippen molar-refractivity contribution >= 4 is 12.0 Å². The second kappa shape index (κ2) is 5.01. The summed E-state index contributed by atoms with van der Waals surface area (Å²) in [5, 5.41) is 7.54. The first-order chi connectivity index (χ1) is 7.58. The van der Waals surface area contributed by atoms with E-state index in [1.165, 1.54) is 13.2 Å². The van der Waals surface area contributed by atoms with E-state index in [1.54, 1.807) is 0 Å². The summed E-state index contributed by atoms with van der Waals surface area (Å²) in [4.78, 5) is 13.9. The van der Waals surface area contributed by atoms with Crippen LogP contribution in [0.1, 0.15) is 5.56 Å². The molecule has 6 heteroatoms. The van der Waals surface area contributed by atoms with Gasteiger partial charge in [0.25, 0.3) is 0 Å². The lowest BCUT2D eigenvalue weighted by Crippen LogP contribution is -2.06. The molecule has 0 amide bonds. The van der Waals surface area contributed by atoms with Crippen molar-refractivity contribution in [2.45, 2.75) is 0 Å². The highest BCUT2D eigenvalue weighted by atomic mass is 19.1. The van der Waals surface area contributed by atoms with Crippen molar-refractivity contribution in [3.8, 4) is 5.88 Å². The summed E-state index contributed by atoms with van der Waals surface area (Å²) >= 11 is 0. The first-order valence-electron chi connectivity index (χ1n) is 4.29. The predicted octanol–water partition coefficient (Wildman–Crippen LogP) is 0.639. The average molecular weight is 223 g/mol. The van der Waals surface area contributed by atoms with Gasteiger partial charge in [0.15, 0.2) is 12.1 Å². The number of ether oxygens (including phenoxy) is 1. The van der Waals surface area contributed by atoms with Gasteiger partial charge in [-0.2, -0.15) is 0 Å². The monoisotopic (exact) mass is 223 g/mol. The highest BCUT2D eigenvalue weighted by Gasteiger charge is 2.09. The van der Waals surface area contributed by atoms with Crippen LogP contribution in [-0.4, -0.2) is 24.1 Å². The number of aromatic nitrogens is 1. The van der Waals surface area contributed by atoms with Gasteiger partial charge in [0.2, 0.25) is 5.88 Å². The number of hydrogen-bond acceptors (Lipinski definition) is 5. The summed E-state index contributed by atoms with van der Waals surface area (Å²) in [6.45, 7) is 0. The van der Waals surface area contributed by atoms with Crippen LogP contribution >= 0.6 is 0 Å². The minimum atomic E-state index is -0.680. The van der Waals surface area contributed by atoms with Crippen LogP contribution in [-0.2, 0) is 4.79 Å². The van der Waals surface area contributed by atoms with Crippen LogP contribution < -0.4 is 10.5 Å². The van der Waals surface area contributed by atoms with Crippen molar-refractivity contribution in [2.24, 2.45) is 5.73 Å². The minimum Gasteiger partial charge on any atom is -0.481 e. The predicted molar refractivity (Wildman–Crippen MR) is 55.9 cm³/mol. The van der Waals surface area contributed by atoms with E-state index < -0.39 is 5.82 Å². The summed E-state index contributed by atoms with van der Waals surface area (Å²) in [6.07, 6.45) is 2.38. The Kier molecular flexibility index (Phi) is 3.71. The van der Waals surface area contributed by atoms with Crippen LogP contribution in [0.4, 0.5) is 4.39 Å². The third-order valence-electron chi connectivity index (χ3n) is 1.78. The Morgan fingerprint density at radius 1 is 1.69 bits per heavy atom. The summed E-state index contributed by atoms with van der Waals surface area (Å²) in [6, 6.07) is 1.26. The standard InChI is InChI=1S/C10H10FN3O2/c1-16-10-3-7(8(11)4-14-10)9(13)2-6(12)5-15/h2-5,13H,12H2,1H3/b6-2-,13-9?. The normalized spacial score (nSPS) is 11.0. The smallest absolute Gasteiger partial charge is 0.213 e. The molecule has 0 aliphatic rings. The third kappa shape index (κ3) is 2.63. The molecule has 0 bridgehead atoms. The van der Waals surface area contributed by atoms with E-state index in [-0.39, 0.29) is 22.9 Å². The molecule has 1 rings (SSSR count). The van der Waals surface area contributed by atoms with Crippen LogP contribution in [0.25, 0.3) is 0 Å². The van der Waals surface area contributed by atoms with Gasteiger partial charge < -0.3 is 15.9 Å². The highest BCUT2D eigenvalue weighted by molar-refractivity contribution is 6.08. The van der Waals surface area contributed by atoms with E-state index in [9.17, 15) is 9.18 Å². The van der Waals surface area contributed by atoms with Gasteiger partial charge in [-0.05, 0) is 6.08 Å². The van der Waals surface area contributed by atoms with Crippen LogP contribution in [0.2, 0.25) is 0 Å². The van der Waals surface area contributed by atoms with Gasteiger partial charge in [0.05, 0.1) is 24.7 Å². The number of nitrogens with zero attached hydrogens (tertiary/aromatic N) is 1. The minimum absolute atomic E-state index is 0.0309. The van der Waals surface area contributed by atoms with Crippen LogP contribution in [0.5, 0.6) is 5.88 Å². The summed E-state index contributed by atoms with van der Waals surface area (Å²) < 4.78 is 18.1. The largest absolute Gasteiger partial charge is 0.481 e. The Morgan fingerprint density at radius 2 is 2.38 bits per heavy atom. The zero-order valence-corrected chi connectivity index (χ0v) is 8.53. The van der Waals surface area contributed by atoms with Crippen molar-refractivity contribution in [2.75, 3.05) is 7.11 Å². The van der Waals surface area contributed by atoms with E-state index in [1.807, 2.05) is 0 Å². The van der Waals surface area contributed by atoms with E-state index >= 15 is 0 Å². The van der Waals surface area contributed by atoms with Crippen molar-refractivity contribution < 1.29 is 13.9 Å². The quantitative estimate of drug-likeness (QED) is 0.445. The van der Waals surface area contributed by atoms with Crippen molar-refractivity contribution in [3.63, 3.8) is 0 Å². The molecule has 3 N–H and O–H groups in total. The maximum atomic E-state index is 13.3. The zero-order chi connectivity index (χ0) is 12.1. The molecule has 1 aromatic heterocycles. The maximum absolute atomic E-state index is 13.3. The molecule has 1 heterocycles. The number of halogens is 1. The molecule has 0 aliphatic heterocycles. The number of hydrogen-bond donors (Lipinski definition) is 2. The molecule has 0 saturated carbocycles. The third-order valence-corrected chi connectivity index (χ3v) is 1.78. The molecule has 0 radical (unpaired) electrons. The average Bonchev–Trinajstić information content (AvgIpc) is 2.29. The number of nitrogens with one attached hydrogen (secondary N) is 1. The molecule has 0 unspecified atom stereocenters. The van der Waals surface area contributed by atoms with Gasteiger partial charge in [0, 0.05) is 11.6 Å². The lowest BCUT2D eigenvalue weighted by molar-refractivity contribution is -0.104. The molecule has 1 aromatic rings. The highest BCUT2D eigenvalue weighted by Crippen LogP contribution is 2.14. The fraction of sp³-hybridized carbons (Fsp3) is 0.100. The molecule has 5 nitrogen and oxygen atoms in total. The summed E-state index contributed by atoms with van der Waals surface area (Å²) in [7, 11) is 1.38. The fourth-order valence-electron chi connectivity index (χ4n) is 1.02. The van der Waals surface area contributed by atoms with E-state index in [0.717, 1.165) is 12.3 Å². The first kappa shape index (κ1) is 11.8. The van der Waals surface area contributed by atoms with Gasteiger partial charge in [-0.1, -0.05) is 0 Å². The zero-order valence-electron chi connectivity index (χ0n) is 8.53. The number of carbonyl (C=O) groups excluding carboxylic acids is 1. The lowest BCUT2D eigenvalue weighted by atomic mass is 10.1. The van der Waals surface area contributed by atoms with Gasteiger partial charge >= 0.3 is 0 Å². The number of carbonyl (C=O) groups is 1. The number of methoxy groups -OCH3 is 1. The van der Waals surface area contributed by atoms with Crippen molar-refractivity contribution in [3.05, 3.63) is 35.4 Å². The molecule has 16 heavy (non-hydrogen) atoms. The molecule has 0 saturated heterocycles. The number of rotatable bonds is 4. The SMILES string of the molecule is COc1cc(C(=N)/C=C(\N)C=O)c(F)cn1. The Hall–Kier alpha value is -2.24. The molecule has 0 spiro atoms. The van der Waals surface area contributed by atoms with Gasteiger partial charge in [-0.25, -0.2) is 9.37 Å². The molecule has 0 fully saturated rings. The molecule has 0 aliphatic carbocycles. The topological polar surface area (TPSA) is 89.1 Å². The second-order valence-electron chi connectivity index (χ2n) is 2.88.